The standard InChI is InChI=1S/C13H17N3O2/c1-10-3-11(2)5-13(4-10)18-7-12(17)6-16-8-14-15-9-16/h3-5,8-9,12,17H,6-7H2,1-2H3. The van der Waals surface area contributed by atoms with Crippen LogP contribution in [0.5, 0.6) is 5.75 Å². The van der Waals surface area contributed by atoms with Gasteiger partial charge in [-0.1, -0.05) is 6.07 Å². The lowest BCUT2D eigenvalue weighted by Gasteiger charge is -2.13. The Morgan fingerprint density at radius 1 is 1.17 bits per heavy atom. The van der Waals surface area contributed by atoms with E-state index in [0.717, 1.165) is 16.9 Å². The molecule has 0 amide bonds. The number of hydrogen-bond donors (Lipinski definition) is 1. The molecule has 0 saturated carbocycles. The summed E-state index contributed by atoms with van der Waals surface area (Å²) in [5.74, 6) is 0.787. The van der Waals surface area contributed by atoms with Crippen LogP contribution in [-0.4, -0.2) is 32.6 Å². The first-order valence-electron chi connectivity index (χ1n) is 5.85. The molecule has 0 aliphatic rings. The molecule has 1 atom stereocenters. The summed E-state index contributed by atoms with van der Waals surface area (Å²) < 4.78 is 7.29. The van der Waals surface area contributed by atoms with Crippen molar-refractivity contribution < 1.29 is 9.84 Å². The molecular formula is C13H17N3O2. The molecule has 96 valence electrons. The number of rotatable bonds is 5. The molecule has 2 aromatic rings. The van der Waals surface area contributed by atoms with Crippen LogP contribution in [0.4, 0.5) is 0 Å². The smallest absolute Gasteiger partial charge is 0.119 e. The SMILES string of the molecule is Cc1cc(C)cc(OCC(O)Cn2cnnc2)c1. The van der Waals surface area contributed by atoms with Crippen LogP contribution in [0.3, 0.4) is 0 Å². The average Bonchev–Trinajstić information content (AvgIpc) is 2.78. The van der Waals surface area contributed by atoms with Crippen LogP contribution in [0, 0.1) is 13.8 Å². The highest BCUT2D eigenvalue weighted by Gasteiger charge is 2.06. The van der Waals surface area contributed by atoms with E-state index < -0.39 is 6.10 Å². The van der Waals surface area contributed by atoms with E-state index in [1.165, 1.54) is 0 Å². The van der Waals surface area contributed by atoms with Crippen LogP contribution in [0.15, 0.2) is 30.9 Å². The Bertz CT molecular complexity index is 477. The summed E-state index contributed by atoms with van der Waals surface area (Å²) >= 11 is 0. The van der Waals surface area contributed by atoms with Crippen LogP contribution in [0.1, 0.15) is 11.1 Å². The van der Waals surface area contributed by atoms with Crippen molar-refractivity contribution in [3.63, 3.8) is 0 Å². The summed E-state index contributed by atoms with van der Waals surface area (Å²) in [7, 11) is 0. The predicted molar refractivity (Wildman–Crippen MR) is 67.4 cm³/mol. The molecule has 5 heteroatoms. The molecule has 0 radical (unpaired) electrons. The molecule has 2 rings (SSSR count). The molecule has 0 aliphatic heterocycles. The largest absolute Gasteiger partial charge is 0.491 e. The zero-order chi connectivity index (χ0) is 13.0. The van der Waals surface area contributed by atoms with Gasteiger partial charge in [-0.05, 0) is 37.1 Å². The van der Waals surface area contributed by atoms with Gasteiger partial charge in [0.05, 0.1) is 6.54 Å². The molecule has 1 N–H and O–H groups in total. The molecule has 0 bridgehead atoms. The monoisotopic (exact) mass is 247 g/mol. The van der Waals surface area contributed by atoms with Crippen molar-refractivity contribution in [3.05, 3.63) is 42.0 Å². The van der Waals surface area contributed by atoms with Gasteiger partial charge in [0.15, 0.2) is 0 Å². The van der Waals surface area contributed by atoms with Gasteiger partial charge in [0, 0.05) is 0 Å². The molecule has 1 unspecified atom stereocenters. The normalized spacial score (nSPS) is 12.4. The summed E-state index contributed by atoms with van der Waals surface area (Å²) in [4.78, 5) is 0. The Hall–Kier alpha value is -1.88. The van der Waals surface area contributed by atoms with E-state index >= 15 is 0 Å². The number of aliphatic hydroxyl groups is 1. The lowest BCUT2D eigenvalue weighted by Crippen LogP contribution is -2.23. The van der Waals surface area contributed by atoms with Gasteiger partial charge in [0.1, 0.15) is 31.1 Å². The van der Waals surface area contributed by atoms with E-state index in [0.29, 0.717) is 6.54 Å². The van der Waals surface area contributed by atoms with Gasteiger partial charge in [-0.3, -0.25) is 0 Å². The summed E-state index contributed by atoms with van der Waals surface area (Å²) in [6.07, 6.45) is 2.56. The number of nitrogens with zero attached hydrogens (tertiary/aromatic N) is 3. The van der Waals surface area contributed by atoms with E-state index in [2.05, 4.69) is 16.3 Å². The quantitative estimate of drug-likeness (QED) is 0.866. The molecule has 0 aliphatic carbocycles. The Balaban J connectivity index is 1.87. The van der Waals surface area contributed by atoms with Gasteiger partial charge < -0.3 is 14.4 Å². The summed E-state index contributed by atoms with van der Waals surface area (Å²) in [6.45, 7) is 4.72. The second-order valence-corrected chi connectivity index (χ2v) is 4.45. The molecule has 0 fully saturated rings. The number of hydrogen-bond acceptors (Lipinski definition) is 4. The zero-order valence-electron chi connectivity index (χ0n) is 10.6. The van der Waals surface area contributed by atoms with Crippen molar-refractivity contribution in [1.82, 2.24) is 14.8 Å². The highest BCUT2D eigenvalue weighted by Crippen LogP contribution is 2.16. The van der Waals surface area contributed by atoms with Crippen molar-refractivity contribution in [2.24, 2.45) is 0 Å². The molecule has 0 saturated heterocycles. The molecule has 1 aromatic carbocycles. The highest BCUT2D eigenvalue weighted by molar-refractivity contribution is 5.32. The molecule has 0 spiro atoms. The maximum absolute atomic E-state index is 9.82. The van der Waals surface area contributed by atoms with Crippen LogP contribution in [0.25, 0.3) is 0 Å². The third-order valence-electron chi connectivity index (χ3n) is 2.53. The van der Waals surface area contributed by atoms with Crippen molar-refractivity contribution in [2.75, 3.05) is 6.61 Å². The van der Waals surface area contributed by atoms with Gasteiger partial charge >= 0.3 is 0 Å². The Morgan fingerprint density at radius 2 is 1.78 bits per heavy atom. The molecule has 1 aromatic heterocycles. The zero-order valence-corrected chi connectivity index (χ0v) is 10.6. The van der Waals surface area contributed by atoms with E-state index in [9.17, 15) is 5.11 Å². The van der Waals surface area contributed by atoms with Crippen LogP contribution >= 0.6 is 0 Å². The summed E-state index contributed by atoms with van der Waals surface area (Å²) in [5, 5.41) is 17.2. The van der Waals surface area contributed by atoms with Gasteiger partial charge in [0.25, 0.3) is 0 Å². The Kier molecular flexibility index (Phi) is 3.94. The fourth-order valence-corrected chi connectivity index (χ4v) is 1.82. The first kappa shape index (κ1) is 12.6. The lowest BCUT2D eigenvalue weighted by atomic mass is 10.1. The van der Waals surface area contributed by atoms with Gasteiger partial charge in [-0.15, -0.1) is 10.2 Å². The lowest BCUT2D eigenvalue weighted by molar-refractivity contribution is 0.0923. The first-order valence-corrected chi connectivity index (χ1v) is 5.85. The van der Waals surface area contributed by atoms with E-state index in [1.807, 2.05) is 26.0 Å². The van der Waals surface area contributed by atoms with Gasteiger partial charge in [-0.2, -0.15) is 0 Å². The topological polar surface area (TPSA) is 60.2 Å². The number of ether oxygens (including phenoxy) is 1. The third kappa shape index (κ3) is 3.56. The second kappa shape index (κ2) is 5.64. The minimum Gasteiger partial charge on any atom is -0.491 e. The van der Waals surface area contributed by atoms with Crippen LogP contribution < -0.4 is 4.74 Å². The average molecular weight is 247 g/mol. The minimum atomic E-state index is -0.582. The van der Waals surface area contributed by atoms with Crippen molar-refractivity contribution in [1.29, 1.82) is 0 Å². The fourth-order valence-electron chi connectivity index (χ4n) is 1.82. The maximum Gasteiger partial charge on any atom is 0.119 e. The Morgan fingerprint density at radius 3 is 2.39 bits per heavy atom. The van der Waals surface area contributed by atoms with Crippen molar-refractivity contribution in [3.8, 4) is 5.75 Å². The van der Waals surface area contributed by atoms with Crippen molar-refractivity contribution in [2.45, 2.75) is 26.5 Å². The maximum atomic E-state index is 9.82. The number of aromatic nitrogens is 3. The molecule has 1 heterocycles. The number of aryl methyl sites for hydroxylation is 2. The first-order chi connectivity index (χ1) is 8.63. The minimum absolute atomic E-state index is 0.251. The predicted octanol–water partition coefficient (Wildman–Crippen LogP) is 1.33. The second-order valence-electron chi connectivity index (χ2n) is 4.45. The van der Waals surface area contributed by atoms with Gasteiger partial charge in [0.2, 0.25) is 0 Å². The van der Waals surface area contributed by atoms with E-state index in [1.54, 1.807) is 17.2 Å². The van der Waals surface area contributed by atoms with E-state index in [-0.39, 0.29) is 6.61 Å². The summed E-state index contributed by atoms with van der Waals surface area (Å²) in [6, 6.07) is 6.00. The van der Waals surface area contributed by atoms with E-state index in [4.69, 9.17) is 4.74 Å². The Labute approximate surface area is 106 Å². The molecule has 18 heavy (non-hydrogen) atoms. The van der Waals surface area contributed by atoms with Crippen LogP contribution in [-0.2, 0) is 6.54 Å². The molecular weight excluding hydrogens is 230 g/mol. The highest BCUT2D eigenvalue weighted by atomic mass is 16.5. The van der Waals surface area contributed by atoms with Crippen LogP contribution in [0.2, 0.25) is 0 Å². The van der Waals surface area contributed by atoms with Crippen molar-refractivity contribution >= 4 is 0 Å². The fraction of sp³-hybridized carbons (Fsp3) is 0.385. The number of benzene rings is 1. The molecule has 5 nitrogen and oxygen atoms in total. The number of aliphatic hydroxyl groups excluding tert-OH is 1. The summed E-state index contributed by atoms with van der Waals surface area (Å²) in [5.41, 5.74) is 2.30. The van der Waals surface area contributed by atoms with Gasteiger partial charge in [-0.25, -0.2) is 0 Å². The third-order valence-corrected chi connectivity index (χ3v) is 2.53.